The quantitative estimate of drug-likeness (QED) is 0.133. The Bertz CT molecular complexity index is 615. The third kappa shape index (κ3) is 18.5. The van der Waals surface area contributed by atoms with Gasteiger partial charge < -0.3 is 16.4 Å². The monoisotopic (exact) mass is 457 g/mol. The smallest absolute Gasteiger partial charge is 0.221 e. The van der Waals surface area contributed by atoms with E-state index >= 15 is 0 Å². The molecule has 4 heteroatoms. The summed E-state index contributed by atoms with van der Waals surface area (Å²) in [6, 6.07) is 8.06. The van der Waals surface area contributed by atoms with Crippen molar-refractivity contribution in [2.45, 2.75) is 116 Å². The van der Waals surface area contributed by atoms with Crippen LogP contribution >= 0.6 is 0 Å². The molecule has 0 atom stereocenters. The van der Waals surface area contributed by atoms with Gasteiger partial charge in [-0.2, -0.15) is 0 Å². The Kier molecular flexibility index (Phi) is 19.7. The van der Waals surface area contributed by atoms with E-state index in [1.165, 1.54) is 89.9 Å². The molecule has 4 N–H and O–H groups in total. The SMILES string of the molecule is CCCCCCCCC=CCCCCCCCCNCCC(=O)NCc1cccc(CN)c1. The molecule has 1 rings (SSSR count). The van der Waals surface area contributed by atoms with Crippen LogP contribution in [0.15, 0.2) is 36.4 Å². The van der Waals surface area contributed by atoms with Crippen molar-refractivity contribution in [3.63, 3.8) is 0 Å². The molecule has 0 saturated carbocycles. The van der Waals surface area contributed by atoms with Gasteiger partial charge >= 0.3 is 0 Å². The summed E-state index contributed by atoms with van der Waals surface area (Å²) in [4.78, 5) is 12.0. The first-order valence-electron chi connectivity index (χ1n) is 13.7. The fourth-order valence-electron chi connectivity index (χ4n) is 3.98. The molecule has 0 unspecified atom stereocenters. The van der Waals surface area contributed by atoms with Crippen LogP contribution in [0.1, 0.15) is 114 Å². The van der Waals surface area contributed by atoms with Gasteiger partial charge in [0.15, 0.2) is 0 Å². The number of hydrogen-bond acceptors (Lipinski definition) is 3. The summed E-state index contributed by atoms with van der Waals surface area (Å²) in [6.45, 7) is 5.13. The summed E-state index contributed by atoms with van der Waals surface area (Å²) in [7, 11) is 0. The minimum atomic E-state index is 0.0988. The Balaban J connectivity index is 1.81. The number of nitrogens with two attached hydrogens (primary N) is 1. The van der Waals surface area contributed by atoms with E-state index in [1.807, 2.05) is 24.3 Å². The maximum atomic E-state index is 12.0. The largest absolute Gasteiger partial charge is 0.352 e. The lowest BCUT2D eigenvalue weighted by atomic mass is 10.1. The van der Waals surface area contributed by atoms with E-state index in [0.29, 0.717) is 19.5 Å². The Morgan fingerprint density at radius 3 is 2.09 bits per heavy atom. The third-order valence-electron chi connectivity index (χ3n) is 6.11. The lowest BCUT2D eigenvalue weighted by Crippen LogP contribution is -2.27. The molecule has 0 radical (unpaired) electrons. The van der Waals surface area contributed by atoms with E-state index in [4.69, 9.17) is 5.73 Å². The topological polar surface area (TPSA) is 67.2 Å². The van der Waals surface area contributed by atoms with Crippen molar-refractivity contribution in [2.24, 2.45) is 5.73 Å². The fraction of sp³-hybridized carbons (Fsp3) is 0.690. The summed E-state index contributed by atoms with van der Waals surface area (Å²) in [6.07, 6.45) is 24.0. The lowest BCUT2D eigenvalue weighted by molar-refractivity contribution is -0.121. The van der Waals surface area contributed by atoms with E-state index in [2.05, 4.69) is 29.7 Å². The molecular weight excluding hydrogens is 406 g/mol. The van der Waals surface area contributed by atoms with Crippen LogP contribution in [0.5, 0.6) is 0 Å². The van der Waals surface area contributed by atoms with E-state index in [9.17, 15) is 4.79 Å². The van der Waals surface area contributed by atoms with Crippen molar-refractivity contribution in [1.82, 2.24) is 10.6 Å². The van der Waals surface area contributed by atoms with Crippen LogP contribution in [-0.4, -0.2) is 19.0 Å². The highest BCUT2D eigenvalue weighted by atomic mass is 16.1. The molecule has 0 aromatic heterocycles. The van der Waals surface area contributed by atoms with Gasteiger partial charge in [-0.15, -0.1) is 0 Å². The summed E-state index contributed by atoms with van der Waals surface area (Å²) in [5.41, 5.74) is 7.86. The molecule has 1 aromatic rings. The standard InChI is InChI=1S/C29H51N3O/c1-2-3-4-5-6-7-8-9-10-11-12-13-14-15-16-17-22-31-23-21-29(33)32-26-28-20-18-19-27(24-28)25-30/h9-10,18-20,24,31H,2-8,11-17,21-23,25-26,30H2,1H3,(H,32,33). The normalized spacial score (nSPS) is 11.3. The molecule has 0 heterocycles. The molecular formula is C29H51N3O. The number of carbonyl (C=O) groups is 1. The molecule has 0 aliphatic carbocycles. The van der Waals surface area contributed by atoms with Crippen molar-refractivity contribution < 1.29 is 4.79 Å². The number of amides is 1. The van der Waals surface area contributed by atoms with Gasteiger partial charge in [0.1, 0.15) is 0 Å². The lowest BCUT2D eigenvalue weighted by Gasteiger charge is -2.08. The molecule has 0 saturated heterocycles. The first-order valence-corrected chi connectivity index (χ1v) is 13.7. The highest BCUT2D eigenvalue weighted by molar-refractivity contribution is 5.76. The van der Waals surface area contributed by atoms with Gasteiger partial charge in [-0.3, -0.25) is 4.79 Å². The summed E-state index contributed by atoms with van der Waals surface area (Å²) < 4.78 is 0. The van der Waals surface area contributed by atoms with Gasteiger partial charge in [0, 0.05) is 26.1 Å². The summed E-state index contributed by atoms with van der Waals surface area (Å²) in [5, 5.41) is 6.38. The molecule has 1 aromatic carbocycles. The Hall–Kier alpha value is -1.65. The van der Waals surface area contributed by atoms with E-state index < -0.39 is 0 Å². The fourth-order valence-corrected chi connectivity index (χ4v) is 3.98. The number of unbranched alkanes of at least 4 members (excludes halogenated alkanes) is 12. The molecule has 0 aliphatic rings. The van der Waals surface area contributed by atoms with Crippen LogP contribution in [0.2, 0.25) is 0 Å². The van der Waals surface area contributed by atoms with Gasteiger partial charge in [-0.1, -0.05) is 101 Å². The maximum Gasteiger partial charge on any atom is 0.221 e. The molecule has 4 nitrogen and oxygen atoms in total. The highest BCUT2D eigenvalue weighted by Crippen LogP contribution is 2.10. The number of rotatable bonds is 22. The second kappa shape index (κ2) is 22.2. The zero-order valence-corrected chi connectivity index (χ0v) is 21.4. The van der Waals surface area contributed by atoms with Crippen molar-refractivity contribution in [2.75, 3.05) is 13.1 Å². The number of allylic oxidation sites excluding steroid dienone is 2. The van der Waals surface area contributed by atoms with E-state index in [1.54, 1.807) is 0 Å². The second-order valence-electron chi connectivity index (χ2n) is 9.24. The molecule has 0 bridgehead atoms. The van der Waals surface area contributed by atoms with Gasteiger partial charge in [-0.25, -0.2) is 0 Å². The Labute approximate surface area is 204 Å². The first-order chi connectivity index (χ1) is 16.3. The molecule has 0 aliphatic heterocycles. The average molecular weight is 458 g/mol. The van der Waals surface area contributed by atoms with Crippen LogP contribution in [0.25, 0.3) is 0 Å². The van der Waals surface area contributed by atoms with E-state index in [0.717, 1.165) is 24.2 Å². The van der Waals surface area contributed by atoms with Crippen molar-refractivity contribution in [3.8, 4) is 0 Å². The average Bonchev–Trinajstić information content (AvgIpc) is 2.84. The second-order valence-corrected chi connectivity index (χ2v) is 9.24. The molecule has 33 heavy (non-hydrogen) atoms. The van der Waals surface area contributed by atoms with Gasteiger partial charge in [0.25, 0.3) is 0 Å². The predicted molar refractivity (Wildman–Crippen MR) is 143 cm³/mol. The zero-order chi connectivity index (χ0) is 23.8. The third-order valence-corrected chi connectivity index (χ3v) is 6.11. The van der Waals surface area contributed by atoms with Crippen LogP contribution in [0, 0.1) is 0 Å². The number of hydrogen-bond donors (Lipinski definition) is 3. The van der Waals surface area contributed by atoms with Crippen molar-refractivity contribution in [1.29, 1.82) is 0 Å². The predicted octanol–water partition coefficient (Wildman–Crippen LogP) is 6.78. The van der Waals surface area contributed by atoms with Crippen LogP contribution in [0.4, 0.5) is 0 Å². The van der Waals surface area contributed by atoms with Crippen LogP contribution in [-0.2, 0) is 17.9 Å². The number of nitrogens with one attached hydrogen (secondary N) is 2. The Morgan fingerprint density at radius 1 is 0.818 bits per heavy atom. The van der Waals surface area contributed by atoms with Crippen molar-refractivity contribution in [3.05, 3.63) is 47.5 Å². The summed E-state index contributed by atoms with van der Waals surface area (Å²) >= 11 is 0. The first kappa shape index (κ1) is 29.4. The maximum absolute atomic E-state index is 12.0. The van der Waals surface area contributed by atoms with Gasteiger partial charge in [-0.05, 0) is 49.8 Å². The zero-order valence-electron chi connectivity index (χ0n) is 21.4. The molecule has 188 valence electrons. The number of carbonyl (C=O) groups excluding carboxylic acids is 1. The molecule has 1 amide bonds. The van der Waals surface area contributed by atoms with Gasteiger partial charge in [0.2, 0.25) is 5.91 Å². The van der Waals surface area contributed by atoms with E-state index in [-0.39, 0.29) is 5.91 Å². The van der Waals surface area contributed by atoms with Crippen LogP contribution < -0.4 is 16.4 Å². The molecule has 0 fully saturated rings. The Morgan fingerprint density at radius 2 is 1.42 bits per heavy atom. The highest BCUT2D eigenvalue weighted by Gasteiger charge is 2.01. The number of benzene rings is 1. The van der Waals surface area contributed by atoms with Crippen molar-refractivity contribution >= 4 is 5.91 Å². The van der Waals surface area contributed by atoms with Gasteiger partial charge in [0.05, 0.1) is 0 Å². The summed E-state index contributed by atoms with van der Waals surface area (Å²) in [5.74, 6) is 0.0988. The minimum absolute atomic E-state index is 0.0988. The van der Waals surface area contributed by atoms with Crippen LogP contribution in [0.3, 0.4) is 0 Å². The molecule has 0 spiro atoms. The minimum Gasteiger partial charge on any atom is -0.352 e.